The van der Waals surface area contributed by atoms with Crippen molar-refractivity contribution >= 4 is 0 Å². The molecule has 0 aromatic carbocycles. The Morgan fingerprint density at radius 2 is 1.87 bits per heavy atom. The third kappa shape index (κ3) is 6.82. The van der Waals surface area contributed by atoms with Crippen LogP contribution in [0.5, 0.6) is 0 Å². The molecule has 0 radical (unpaired) electrons. The van der Waals surface area contributed by atoms with Gasteiger partial charge in [0.1, 0.15) is 17.4 Å². The molecule has 4 nitrogen and oxygen atoms in total. The molecule has 0 bridgehead atoms. The fourth-order valence-electron chi connectivity index (χ4n) is 2.27. The van der Waals surface area contributed by atoms with Crippen LogP contribution in [0, 0.1) is 23.2 Å². The molecule has 1 atom stereocenters. The van der Waals surface area contributed by atoms with Crippen molar-refractivity contribution in [2.24, 2.45) is 0 Å². The molecule has 1 aromatic rings. The topological polar surface area (TPSA) is 77.1 Å². The van der Waals surface area contributed by atoms with Crippen LogP contribution in [0.3, 0.4) is 0 Å². The lowest BCUT2D eigenvalue weighted by molar-refractivity contribution is 0.0774. The van der Waals surface area contributed by atoms with Gasteiger partial charge in [0, 0.05) is 0 Å². The summed E-state index contributed by atoms with van der Waals surface area (Å²) >= 11 is 0. The van der Waals surface area contributed by atoms with E-state index in [1.54, 1.807) is 18.2 Å². The summed E-state index contributed by atoms with van der Waals surface area (Å²) in [6.07, 6.45) is 4.32. The van der Waals surface area contributed by atoms with Crippen LogP contribution < -0.4 is 0 Å². The highest BCUT2D eigenvalue weighted by Gasteiger charge is 2.22. The lowest BCUT2D eigenvalue weighted by Gasteiger charge is -2.21. The second-order valence-electron chi connectivity index (χ2n) is 5.81. The highest BCUT2D eigenvalue weighted by Crippen LogP contribution is 2.21. The first-order chi connectivity index (χ1) is 11.0. The molecule has 124 valence electrons. The van der Waals surface area contributed by atoms with E-state index in [-0.39, 0.29) is 6.42 Å². The SMILES string of the molecule is CCCCC(O)(C#Cc1cccc([C@H](O)CC#N)n1)CCCC. The smallest absolute Gasteiger partial charge is 0.125 e. The van der Waals surface area contributed by atoms with Gasteiger partial charge in [-0.3, -0.25) is 0 Å². The van der Waals surface area contributed by atoms with Crippen LogP contribution in [-0.2, 0) is 0 Å². The average Bonchev–Trinajstić information content (AvgIpc) is 2.57. The molecule has 0 saturated carbocycles. The lowest BCUT2D eigenvalue weighted by Crippen LogP contribution is -2.26. The van der Waals surface area contributed by atoms with Gasteiger partial charge in [-0.15, -0.1) is 0 Å². The molecular formula is C19H26N2O2. The predicted molar refractivity (Wildman–Crippen MR) is 90.3 cm³/mol. The summed E-state index contributed by atoms with van der Waals surface area (Å²) in [5, 5.41) is 29.2. The first-order valence-electron chi connectivity index (χ1n) is 8.32. The van der Waals surface area contributed by atoms with Gasteiger partial charge in [-0.2, -0.15) is 5.26 Å². The summed E-state index contributed by atoms with van der Waals surface area (Å²) in [6, 6.07) is 7.10. The molecule has 2 N–H and O–H groups in total. The average molecular weight is 314 g/mol. The number of rotatable bonds is 8. The van der Waals surface area contributed by atoms with Crippen LogP contribution in [0.2, 0.25) is 0 Å². The molecule has 0 saturated heterocycles. The molecule has 0 aliphatic rings. The van der Waals surface area contributed by atoms with Crippen molar-refractivity contribution in [3.8, 4) is 17.9 Å². The lowest BCUT2D eigenvalue weighted by atomic mass is 9.91. The molecule has 1 aromatic heterocycles. The predicted octanol–water partition coefficient (Wildman–Crippen LogP) is 3.49. The minimum Gasteiger partial charge on any atom is -0.386 e. The zero-order valence-electron chi connectivity index (χ0n) is 14.0. The molecule has 1 heterocycles. The summed E-state index contributed by atoms with van der Waals surface area (Å²) in [4.78, 5) is 4.27. The van der Waals surface area contributed by atoms with E-state index in [0.717, 1.165) is 25.7 Å². The van der Waals surface area contributed by atoms with Crippen molar-refractivity contribution in [3.05, 3.63) is 29.6 Å². The van der Waals surface area contributed by atoms with E-state index in [1.165, 1.54) is 0 Å². The number of pyridine rings is 1. The van der Waals surface area contributed by atoms with E-state index < -0.39 is 11.7 Å². The van der Waals surface area contributed by atoms with E-state index in [4.69, 9.17) is 5.26 Å². The van der Waals surface area contributed by atoms with Gasteiger partial charge in [-0.1, -0.05) is 38.7 Å². The Kier molecular flexibility index (Phi) is 8.33. The van der Waals surface area contributed by atoms with Gasteiger partial charge >= 0.3 is 0 Å². The zero-order chi connectivity index (χ0) is 17.1. The molecule has 0 aliphatic heterocycles. The third-order valence-corrected chi connectivity index (χ3v) is 3.71. The summed E-state index contributed by atoms with van der Waals surface area (Å²) < 4.78 is 0. The van der Waals surface area contributed by atoms with Gasteiger partial charge in [0.05, 0.1) is 18.2 Å². The van der Waals surface area contributed by atoms with Crippen LogP contribution in [0.4, 0.5) is 0 Å². The van der Waals surface area contributed by atoms with Crippen molar-refractivity contribution < 1.29 is 10.2 Å². The third-order valence-electron chi connectivity index (χ3n) is 3.71. The van der Waals surface area contributed by atoms with Gasteiger partial charge in [0.25, 0.3) is 0 Å². The summed E-state index contributed by atoms with van der Waals surface area (Å²) in [6.45, 7) is 4.19. The van der Waals surface area contributed by atoms with Crippen molar-refractivity contribution in [3.63, 3.8) is 0 Å². The minimum atomic E-state index is -0.977. The normalized spacial score (nSPS) is 12.1. The number of nitriles is 1. The second kappa shape index (κ2) is 10.0. The molecule has 0 aliphatic carbocycles. The minimum absolute atomic E-state index is 0.000813. The first-order valence-corrected chi connectivity index (χ1v) is 8.32. The Morgan fingerprint density at radius 3 is 2.43 bits per heavy atom. The number of hydrogen-bond donors (Lipinski definition) is 2. The van der Waals surface area contributed by atoms with Crippen LogP contribution in [0.25, 0.3) is 0 Å². The van der Waals surface area contributed by atoms with Crippen molar-refractivity contribution in [2.75, 3.05) is 0 Å². The number of hydrogen-bond acceptors (Lipinski definition) is 4. The Hall–Kier alpha value is -1.88. The summed E-state index contributed by atoms with van der Waals surface area (Å²) in [5.74, 6) is 5.91. The van der Waals surface area contributed by atoms with E-state index >= 15 is 0 Å². The second-order valence-corrected chi connectivity index (χ2v) is 5.81. The largest absolute Gasteiger partial charge is 0.386 e. The first kappa shape index (κ1) is 19.2. The highest BCUT2D eigenvalue weighted by molar-refractivity contribution is 5.32. The molecule has 4 heteroatoms. The Labute approximate surface area is 139 Å². The van der Waals surface area contributed by atoms with Gasteiger partial charge in [-0.25, -0.2) is 4.98 Å². The van der Waals surface area contributed by atoms with Gasteiger partial charge in [-0.05, 0) is 43.7 Å². The van der Waals surface area contributed by atoms with Gasteiger partial charge in [0.2, 0.25) is 0 Å². The monoisotopic (exact) mass is 314 g/mol. The summed E-state index contributed by atoms with van der Waals surface area (Å²) in [7, 11) is 0. The standard InChI is InChI=1S/C19H26N2O2/c1-3-5-12-19(23,13-6-4-2)14-10-16-8-7-9-17(21-16)18(22)11-15-20/h7-9,18,22-23H,3-6,11-13H2,1-2H3/t18-/m1/s1. The fraction of sp³-hybridized carbons (Fsp3) is 0.579. The molecule has 1 rings (SSSR count). The molecule has 0 spiro atoms. The number of aromatic nitrogens is 1. The molecule has 0 amide bonds. The van der Waals surface area contributed by atoms with E-state index in [1.807, 2.05) is 6.07 Å². The zero-order valence-corrected chi connectivity index (χ0v) is 14.0. The number of nitrogens with zero attached hydrogens (tertiary/aromatic N) is 2. The maximum absolute atomic E-state index is 10.7. The van der Waals surface area contributed by atoms with Crippen LogP contribution in [0.15, 0.2) is 18.2 Å². The summed E-state index contributed by atoms with van der Waals surface area (Å²) in [5.41, 5.74) is -0.0375. The Morgan fingerprint density at radius 1 is 1.22 bits per heavy atom. The van der Waals surface area contributed by atoms with Gasteiger partial charge in [0.15, 0.2) is 0 Å². The van der Waals surface area contributed by atoms with Crippen molar-refractivity contribution in [1.29, 1.82) is 5.26 Å². The maximum atomic E-state index is 10.7. The maximum Gasteiger partial charge on any atom is 0.125 e. The van der Waals surface area contributed by atoms with Crippen LogP contribution in [0.1, 0.15) is 76.3 Å². The molecule has 0 fully saturated rings. The van der Waals surface area contributed by atoms with E-state index in [9.17, 15) is 10.2 Å². The number of unbranched alkanes of at least 4 members (excludes halogenated alkanes) is 2. The van der Waals surface area contributed by atoms with E-state index in [0.29, 0.717) is 24.2 Å². The van der Waals surface area contributed by atoms with Crippen molar-refractivity contribution in [2.45, 2.75) is 70.5 Å². The quantitative estimate of drug-likeness (QED) is 0.720. The van der Waals surface area contributed by atoms with Crippen molar-refractivity contribution in [1.82, 2.24) is 4.98 Å². The Bertz CT molecular complexity index is 573. The fourth-order valence-corrected chi connectivity index (χ4v) is 2.27. The highest BCUT2D eigenvalue weighted by atomic mass is 16.3. The molecule has 23 heavy (non-hydrogen) atoms. The molecular weight excluding hydrogens is 288 g/mol. The van der Waals surface area contributed by atoms with Crippen LogP contribution >= 0.6 is 0 Å². The Balaban J connectivity index is 2.93. The van der Waals surface area contributed by atoms with Gasteiger partial charge < -0.3 is 10.2 Å². The number of aliphatic hydroxyl groups excluding tert-OH is 1. The van der Waals surface area contributed by atoms with E-state index in [2.05, 4.69) is 30.7 Å². The molecule has 0 unspecified atom stereocenters. The van der Waals surface area contributed by atoms with Crippen LogP contribution in [-0.4, -0.2) is 20.8 Å². The number of aliphatic hydroxyl groups is 2.